The lowest BCUT2D eigenvalue weighted by atomic mass is 10.6. The Kier molecular flexibility index (Phi) is 0.709. The van der Waals surface area contributed by atoms with Crippen molar-refractivity contribution in [2.45, 2.75) is 0 Å². The van der Waals surface area contributed by atoms with Gasteiger partial charge in [-0.1, -0.05) is 12.2 Å². The molecule has 0 aliphatic carbocycles. The van der Waals surface area contributed by atoms with Crippen LogP contribution in [0.1, 0.15) is 0 Å². The lowest BCUT2D eigenvalue weighted by Crippen LogP contribution is -1.55. The molecule has 0 aromatic heterocycles. The van der Waals surface area contributed by atoms with Gasteiger partial charge >= 0.3 is 0 Å². The Bertz CT molecular complexity index is 94.8. The summed E-state index contributed by atoms with van der Waals surface area (Å²) >= 11 is 0. The lowest BCUT2D eigenvalue weighted by molar-refractivity contribution is 2.42. The molecule has 0 spiro atoms. The van der Waals surface area contributed by atoms with Crippen molar-refractivity contribution in [3.8, 4) is 0 Å². The Morgan fingerprint density at radius 1 is 1.00 bits per heavy atom. The average molecular weight is 80.2 g/mol. The smallest absolute Gasteiger partial charge is 0.0382 e. The number of hydrogen-bond donors (Lipinski definition) is 0. The predicted octanol–water partition coefficient (Wildman–Crippen LogP) is -0.135. The molecule has 0 amide bonds. The van der Waals surface area contributed by atoms with Crippen LogP contribution in [0.15, 0.2) is 12.2 Å². The van der Waals surface area contributed by atoms with Gasteiger partial charge in [0, 0.05) is 0 Å². The zero-order valence-electron chi connectivity index (χ0n) is 2.81. The molecule has 0 bridgehead atoms. The first kappa shape index (κ1) is 2.91. The van der Waals surface area contributed by atoms with Gasteiger partial charge in [0.1, 0.15) is 0 Å². The van der Waals surface area contributed by atoms with Crippen molar-refractivity contribution in [1.29, 1.82) is 0 Å². The SMILES string of the molecule is C1=CC=[Si]=C1. The molecule has 24 valence electrons. The summed E-state index contributed by atoms with van der Waals surface area (Å²) in [5.41, 5.74) is 4.31. The highest BCUT2D eigenvalue weighted by molar-refractivity contribution is 6.60. The van der Waals surface area contributed by atoms with Gasteiger partial charge in [0.15, 0.2) is 0 Å². The molecule has 1 aliphatic rings. The summed E-state index contributed by atoms with van der Waals surface area (Å²) in [6.07, 6.45) is 4.14. The molecule has 0 radical (unpaired) electrons. The van der Waals surface area contributed by atoms with Gasteiger partial charge in [-0.05, 0) is 20.1 Å². The fourth-order valence-electron chi connectivity index (χ4n) is 0.278. The van der Waals surface area contributed by atoms with Crippen LogP contribution in [0.4, 0.5) is 0 Å². The summed E-state index contributed by atoms with van der Waals surface area (Å²) in [7, 11) is 0.948. The Labute approximate surface area is 33.2 Å². The molecule has 1 heteroatoms. The van der Waals surface area contributed by atoms with Crippen LogP contribution in [0.2, 0.25) is 0 Å². The van der Waals surface area contributed by atoms with Crippen LogP contribution >= 0.6 is 0 Å². The van der Waals surface area contributed by atoms with E-state index >= 15 is 0 Å². The average Bonchev–Trinajstić information content (AvgIpc) is 1.76. The number of rotatable bonds is 0. The summed E-state index contributed by atoms with van der Waals surface area (Å²) < 4.78 is 0. The third kappa shape index (κ3) is 0.483. The first-order chi connectivity index (χ1) is 2.50. The minimum Gasteiger partial charge on any atom is -0.0602 e. The zero-order valence-corrected chi connectivity index (χ0v) is 3.81. The Balaban J connectivity index is 2.98. The zero-order chi connectivity index (χ0) is 3.54. The Morgan fingerprint density at radius 2 is 1.60 bits per heavy atom. The van der Waals surface area contributed by atoms with Crippen LogP contribution in [-0.2, 0) is 0 Å². The lowest BCUT2D eigenvalue weighted by Gasteiger charge is -1.47. The molecule has 0 unspecified atom stereocenters. The molecule has 0 fully saturated rings. The molecule has 1 heterocycles. The standard InChI is InChI=1S/C4H4Si/c1-2-4-5-3-1/h1-4H. The van der Waals surface area contributed by atoms with Gasteiger partial charge < -0.3 is 0 Å². The molecule has 0 N–H and O–H groups in total. The molecule has 5 heavy (non-hydrogen) atoms. The molecule has 1 rings (SSSR count). The normalized spacial score (nSPS) is 14.4. The third-order valence-corrected chi connectivity index (χ3v) is 1.27. The molecule has 0 aromatic carbocycles. The number of allylic oxidation sites excluding steroid dienone is 2. The monoisotopic (exact) mass is 80.0 g/mol. The van der Waals surface area contributed by atoms with Gasteiger partial charge in [-0.2, -0.15) is 0 Å². The quantitative estimate of drug-likeness (QED) is 0.355. The van der Waals surface area contributed by atoms with Gasteiger partial charge in [-0.3, -0.25) is 0 Å². The van der Waals surface area contributed by atoms with E-state index in [-0.39, 0.29) is 0 Å². The summed E-state index contributed by atoms with van der Waals surface area (Å²) in [6, 6.07) is 0. The molecule has 1 aliphatic heterocycles. The van der Waals surface area contributed by atoms with Crippen LogP contribution in [-0.4, -0.2) is 20.1 Å². The van der Waals surface area contributed by atoms with Crippen molar-refractivity contribution in [3.63, 3.8) is 0 Å². The fraction of sp³-hybridized carbons (Fsp3) is 0. The fourth-order valence-corrected chi connectivity index (χ4v) is 0.833. The predicted molar refractivity (Wildman–Crippen MR) is 27.0 cm³/mol. The Morgan fingerprint density at radius 3 is 1.80 bits per heavy atom. The van der Waals surface area contributed by atoms with Crippen molar-refractivity contribution in [1.82, 2.24) is 0 Å². The van der Waals surface area contributed by atoms with Crippen molar-refractivity contribution < 1.29 is 0 Å². The first-order valence-electron chi connectivity index (χ1n) is 1.58. The van der Waals surface area contributed by atoms with E-state index in [1.54, 1.807) is 0 Å². The van der Waals surface area contributed by atoms with Gasteiger partial charge in [0.2, 0.25) is 0 Å². The van der Waals surface area contributed by atoms with E-state index < -0.39 is 0 Å². The minimum atomic E-state index is 0.948. The highest BCUT2D eigenvalue weighted by Crippen LogP contribution is 1.60. The maximum atomic E-state index is 2.15. The summed E-state index contributed by atoms with van der Waals surface area (Å²) in [5.74, 6) is 0. The minimum absolute atomic E-state index is 0.948. The maximum Gasteiger partial charge on any atom is -0.0382 e. The van der Waals surface area contributed by atoms with Crippen molar-refractivity contribution in [2.24, 2.45) is 0 Å². The molecular weight excluding hydrogens is 76.1 g/mol. The summed E-state index contributed by atoms with van der Waals surface area (Å²) in [6.45, 7) is 0. The second kappa shape index (κ2) is 1.22. The van der Waals surface area contributed by atoms with Crippen LogP contribution in [0, 0.1) is 0 Å². The van der Waals surface area contributed by atoms with Crippen LogP contribution < -0.4 is 0 Å². The van der Waals surface area contributed by atoms with Gasteiger partial charge in [0.05, 0.1) is 0 Å². The van der Waals surface area contributed by atoms with Crippen LogP contribution in [0.3, 0.4) is 0 Å². The molecular formula is C4H4Si. The van der Waals surface area contributed by atoms with Gasteiger partial charge in [-0.15, -0.1) is 0 Å². The molecule has 0 nitrogen and oxygen atoms in total. The van der Waals surface area contributed by atoms with E-state index in [9.17, 15) is 0 Å². The molecule has 0 saturated heterocycles. The second-order valence-electron chi connectivity index (χ2n) is 0.885. The summed E-state index contributed by atoms with van der Waals surface area (Å²) in [4.78, 5) is 0. The third-order valence-electron chi connectivity index (χ3n) is 0.496. The second-order valence-corrected chi connectivity index (χ2v) is 1.88. The molecule has 0 aromatic rings. The first-order valence-corrected chi connectivity index (χ1v) is 2.73. The van der Waals surface area contributed by atoms with Gasteiger partial charge in [-0.25, -0.2) is 0 Å². The maximum absolute atomic E-state index is 2.15. The van der Waals surface area contributed by atoms with Crippen molar-refractivity contribution in [2.75, 3.05) is 0 Å². The van der Waals surface area contributed by atoms with Gasteiger partial charge in [0.25, 0.3) is 0 Å². The largest absolute Gasteiger partial charge is 0.0602 e. The van der Waals surface area contributed by atoms with Crippen LogP contribution in [0.5, 0.6) is 0 Å². The van der Waals surface area contributed by atoms with E-state index in [0.29, 0.717) is 0 Å². The van der Waals surface area contributed by atoms with Crippen molar-refractivity contribution >= 4 is 20.1 Å². The summed E-state index contributed by atoms with van der Waals surface area (Å²) in [5, 5.41) is 0. The van der Waals surface area contributed by atoms with E-state index in [2.05, 4.69) is 23.5 Å². The van der Waals surface area contributed by atoms with E-state index in [1.165, 1.54) is 0 Å². The van der Waals surface area contributed by atoms with Crippen molar-refractivity contribution in [3.05, 3.63) is 12.2 Å². The Hall–Kier alpha value is -0.303. The van der Waals surface area contributed by atoms with E-state index in [4.69, 9.17) is 0 Å². The van der Waals surface area contributed by atoms with E-state index in [1.807, 2.05) is 0 Å². The topological polar surface area (TPSA) is 0 Å². The molecule has 0 saturated carbocycles. The number of hydrogen-bond acceptors (Lipinski definition) is 0. The highest BCUT2D eigenvalue weighted by atomic mass is 28.1. The highest BCUT2D eigenvalue weighted by Gasteiger charge is 1.61. The van der Waals surface area contributed by atoms with E-state index in [0.717, 1.165) is 8.74 Å². The molecule has 0 atom stereocenters. The van der Waals surface area contributed by atoms with Crippen LogP contribution in [0.25, 0.3) is 0 Å².